The van der Waals surface area contributed by atoms with Crippen LogP contribution in [0, 0.1) is 0 Å². The Hall–Kier alpha value is -0.410. The van der Waals surface area contributed by atoms with Crippen molar-refractivity contribution in [2.75, 3.05) is 0 Å². The first-order valence-electron chi connectivity index (χ1n) is 5.90. The molecule has 0 aromatic heterocycles. The van der Waals surface area contributed by atoms with Crippen molar-refractivity contribution in [2.45, 2.75) is 70.9 Å². The number of hydrogen-bond acceptors (Lipinski definition) is 3. The Bertz CT molecular complexity index is 201. The molecule has 0 saturated carbocycles. The number of unbranched alkanes of at least 4 members (excludes halogenated alkanes) is 3. The Kier molecular flexibility index (Phi) is 4.74. The molecule has 1 rings (SSSR count). The van der Waals surface area contributed by atoms with Gasteiger partial charge in [-0.05, 0) is 20.3 Å². The van der Waals surface area contributed by atoms with Gasteiger partial charge in [0, 0.05) is 0 Å². The maximum absolute atomic E-state index is 10.8. The third-order valence-corrected chi connectivity index (χ3v) is 2.70. The molecule has 3 heteroatoms. The first-order valence-corrected chi connectivity index (χ1v) is 5.90. The quantitative estimate of drug-likeness (QED) is 0.503. The van der Waals surface area contributed by atoms with Crippen LogP contribution in [0.2, 0.25) is 0 Å². The molecule has 0 N–H and O–H groups in total. The highest BCUT2D eigenvalue weighted by molar-refractivity contribution is 5.57. The van der Waals surface area contributed by atoms with E-state index in [2.05, 4.69) is 6.92 Å². The summed E-state index contributed by atoms with van der Waals surface area (Å²) in [6, 6.07) is 0. The van der Waals surface area contributed by atoms with Gasteiger partial charge in [-0.2, -0.15) is 0 Å². The van der Waals surface area contributed by atoms with E-state index in [-0.39, 0.29) is 12.2 Å². The van der Waals surface area contributed by atoms with E-state index in [4.69, 9.17) is 9.47 Å². The zero-order chi connectivity index (χ0) is 11.3. The Morgan fingerprint density at radius 3 is 2.53 bits per heavy atom. The third-order valence-electron chi connectivity index (χ3n) is 2.70. The van der Waals surface area contributed by atoms with Crippen LogP contribution in [0.4, 0.5) is 0 Å². The molecule has 88 valence electrons. The van der Waals surface area contributed by atoms with Gasteiger partial charge in [-0.3, -0.25) is 0 Å². The van der Waals surface area contributed by atoms with Crippen LogP contribution >= 0.6 is 0 Å². The summed E-state index contributed by atoms with van der Waals surface area (Å²) in [6.45, 7) is 5.90. The topological polar surface area (TPSA) is 35.5 Å². The second-order valence-corrected chi connectivity index (χ2v) is 4.62. The van der Waals surface area contributed by atoms with Gasteiger partial charge in [0.2, 0.25) is 0 Å². The Morgan fingerprint density at radius 1 is 1.20 bits per heavy atom. The predicted molar refractivity (Wildman–Crippen MR) is 58.6 cm³/mol. The number of hydrogen-bond donors (Lipinski definition) is 0. The highest BCUT2D eigenvalue weighted by Crippen LogP contribution is 2.29. The molecule has 0 aromatic rings. The van der Waals surface area contributed by atoms with E-state index in [9.17, 15) is 4.79 Å². The van der Waals surface area contributed by atoms with Gasteiger partial charge in [0.1, 0.15) is 6.10 Å². The molecule has 0 bridgehead atoms. The van der Waals surface area contributed by atoms with Crippen LogP contribution in [0.25, 0.3) is 0 Å². The highest BCUT2D eigenvalue weighted by Gasteiger charge is 2.40. The molecular formula is C12H22O3. The van der Waals surface area contributed by atoms with Crippen LogP contribution in [0.5, 0.6) is 0 Å². The minimum atomic E-state index is -0.596. The van der Waals surface area contributed by atoms with Crippen molar-refractivity contribution < 1.29 is 14.3 Å². The van der Waals surface area contributed by atoms with E-state index < -0.39 is 5.79 Å². The molecule has 0 aliphatic carbocycles. The molecule has 0 radical (unpaired) electrons. The zero-order valence-corrected chi connectivity index (χ0v) is 9.99. The average Bonchev–Trinajstić information content (AvgIpc) is 2.48. The molecule has 0 unspecified atom stereocenters. The normalized spacial score (nSPS) is 29.3. The van der Waals surface area contributed by atoms with Crippen LogP contribution in [0.3, 0.4) is 0 Å². The first-order chi connectivity index (χ1) is 7.09. The largest absolute Gasteiger partial charge is 0.344 e. The molecule has 1 aliphatic rings. The molecule has 1 heterocycles. The summed E-state index contributed by atoms with van der Waals surface area (Å²) < 4.78 is 11.2. The lowest BCUT2D eigenvalue weighted by Crippen LogP contribution is -2.23. The molecule has 0 amide bonds. The predicted octanol–water partition coefficient (Wildman–Crippen LogP) is 2.68. The summed E-state index contributed by atoms with van der Waals surface area (Å²) in [5, 5.41) is 0. The van der Waals surface area contributed by atoms with Crippen molar-refractivity contribution >= 4 is 6.29 Å². The van der Waals surface area contributed by atoms with Crippen LogP contribution in [0.15, 0.2) is 0 Å². The molecule has 1 saturated heterocycles. The molecule has 0 aromatic carbocycles. The lowest BCUT2D eigenvalue weighted by atomic mass is 10.1. The standard InChI is InChI=1S/C12H22O3/c1-4-5-6-7-8-10-11(9-13)15-12(2,3)14-10/h9-11H,4-8H2,1-3H3/t10-,11-/m0/s1. The van der Waals surface area contributed by atoms with Crippen molar-refractivity contribution in [2.24, 2.45) is 0 Å². The fourth-order valence-electron chi connectivity index (χ4n) is 1.97. The van der Waals surface area contributed by atoms with Crippen LogP contribution in [-0.4, -0.2) is 24.3 Å². The lowest BCUT2D eigenvalue weighted by molar-refractivity contribution is -0.150. The van der Waals surface area contributed by atoms with Gasteiger partial charge in [0.05, 0.1) is 6.10 Å². The zero-order valence-electron chi connectivity index (χ0n) is 9.99. The molecule has 3 nitrogen and oxygen atoms in total. The van der Waals surface area contributed by atoms with Crippen LogP contribution in [-0.2, 0) is 14.3 Å². The Morgan fingerprint density at radius 2 is 1.93 bits per heavy atom. The van der Waals surface area contributed by atoms with E-state index in [0.717, 1.165) is 19.1 Å². The fraction of sp³-hybridized carbons (Fsp3) is 0.917. The molecule has 2 atom stereocenters. The van der Waals surface area contributed by atoms with Crippen molar-refractivity contribution in [3.63, 3.8) is 0 Å². The highest BCUT2D eigenvalue weighted by atomic mass is 16.8. The molecular weight excluding hydrogens is 192 g/mol. The van der Waals surface area contributed by atoms with E-state index in [0.29, 0.717) is 0 Å². The van der Waals surface area contributed by atoms with Gasteiger partial charge in [0.15, 0.2) is 12.1 Å². The van der Waals surface area contributed by atoms with Gasteiger partial charge in [-0.25, -0.2) is 0 Å². The van der Waals surface area contributed by atoms with Gasteiger partial charge in [-0.1, -0.05) is 32.6 Å². The second kappa shape index (κ2) is 5.61. The van der Waals surface area contributed by atoms with E-state index in [1.165, 1.54) is 19.3 Å². The summed E-state index contributed by atoms with van der Waals surface area (Å²) in [5.41, 5.74) is 0. The van der Waals surface area contributed by atoms with Gasteiger partial charge in [0.25, 0.3) is 0 Å². The van der Waals surface area contributed by atoms with Crippen molar-refractivity contribution in [3.8, 4) is 0 Å². The Balaban J connectivity index is 2.30. The summed E-state index contributed by atoms with van der Waals surface area (Å²) >= 11 is 0. The fourth-order valence-corrected chi connectivity index (χ4v) is 1.97. The molecule has 1 fully saturated rings. The summed E-state index contributed by atoms with van der Waals surface area (Å²) in [5.74, 6) is -0.596. The third kappa shape index (κ3) is 3.92. The number of aldehydes is 1. The smallest absolute Gasteiger partial charge is 0.164 e. The summed E-state index contributed by atoms with van der Waals surface area (Å²) in [7, 11) is 0. The van der Waals surface area contributed by atoms with Gasteiger partial charge in [-0.15, -0.1) is 0 Å². The summed E-state index contributed by atoms with van der Waals surface area (Å²) in [4.78, 5) is 10.8. The van der Waals surface area contributed by atoms with E-state index in [1.807, 2.05) is 13.8 Å². The minimum Gasteiger partial charge on any atom is -0.344 e. The molecule has 15 heavy (non-hydrogen) atoms. The second-order valence-electron chi connectivity index (χ2n) is 4.62. The molecule has 0 spiro atoms. The van der Waals surface area contributed by atoms with E-state index >= 15 is 0 Å². The number of ether oxygens (including phenoxy) is 2. The van der Waals surface area contributed by atoms with Gasteiger partial charge < -0.3 is 14.3 Å². The van der Waals surface area contributed by atoms with Crippen LogP contribution in [0.1, 0.15) is 52.9 Å². The maximum Gasteiger partial charge on any atom is 0.164 e. The number of rotatable bonds is 6. The van der Waals surface area contributed by atoms with Gasteiger partial charge >= 0.3 is 0 Å². The van der Waals surface area contributed by atoms with E-state index in [1.54, 1.807) is 0 Å². The minimum absolute atomic E-state index is 0.0469. The van der Waals surface area contributed by atoms with Crippen molar-refractivity contribution in [1.29, 1.82) is 0 Å². The SMILES string of the molecule is CCCCCC[C@@H]1OC(C)(C)O[C@H]1C=O. The first kappa shape index (κ1) is 12.7. The van der Waals surface area contributed by atoms with Crippen LogP contribution < -0.4 is 0 Å². The molecule has 1 aliphatic heterocycles. The Labute approximate surface area is 92.1 Å². The monoisotopic (exact) mass is 214 g/mol. The van der Waals surface area contributed by atoms with Crippen molar-refractivity contribution in [3.05, 3.63) is 0 Å². The average molecular weight is 214 g/mol. The number of carbonyl (C=O) groups is 1. The maximum atomic E-state index is 10.8. The number of carbonyl (C=O) groups excluding carboxylic acids is 1. The van der Waals surface area contributed by atoms with Crippen molar-refractivity contribution in [1.82, 2.24) is 0 Å². The lowest BCUT2D eigenvalue weighted by Gasteiger charge is -2.16. The summed E-state index contributed by atoms with van der Waals surface area (Å²) in [6.07, 6.45) is 6.17.